The van der Waals surface area contributed by atoms with Crippen LogP contribution in [-0.4, -0.2) is 10.7 Å². The van der Waals surface area contributed by atoms with Crippen LogP contribution in [0.2, 0.25) is 0 Å². The van der Waals surface area contributed by atoms with Gasteiger partial charge in [0.2, 0.25) is 5.78 Å². The maximum Gasteiger partial charge on any atom is 0.262 e. The summed E-state index contributed by atoms with van der Waals surface area (Å²) in [5.74, 6) is -1.94. The van der Waals surface area contributed by atoms with Crippen LogP contribution < -0.4 is 5.11 Å². The number of Topliss-reactive ketones (excluding diaryl/α,β-unsaturated/α-hetero) is 1. The molecule has 0 atom stereocenters. The molecule has 0 bridgehead atoms. The monoisotopic (exact) mass is 311 g/mol. The molecule has 6 nitrogen and oxygen atoms in total. The summed E-state index contributed by atoms with van der Waals surface area (Å²) in [6, 6.07) is 9.56. The highest BCUT2D eigenvalue weighted by atomic mass is 19.1. The molecule has 23 heavy (non-hydrogen) atoms. The molecule has 114 valence electrons. The third-order valence-electron chi connectivity index (χ3n) is 2.96. The second-order valence-electron chi connectivity index (χ2n) is 4.49. The van der Waals surface area contributed by atoms with Crippen LogP contribution in [0, 0.1) is 27.3 Å². The van der Waals surface area contributed by atoms with Crippen molar-refractivity contribution in [3.8, 4) is 11.8 Å². The highest BCUT2D eigenvalue weighted by molar-refractivity contribution is 6.14. The molecule has 0 heterocycles. The molecule has 0 aliphatic carbocycles. The second kappa shape index (κ2) is 6.49. The van der Waals surface area contributed by atoms with E-state index in [-0.39, 0.29) is 16.7 Å². The van der Waals surface area contributed by atoms with Gasteiger partial charge in [0, 0.05) is 11.6 Å². The molecule has 0 saturated heterocycles. The van der Waals surface area contributed by atoms with E-state index in [1.54, 1.807) is 6.07 Å². The number of nitrogens with zero attached hydrogens (tertiary/aromatic N) is 2. The molecule has 0 saturated carbocycles. The van der Waals surface area contributed by atoms with E-state index in [0.717, 1.165) is 30.3 Å². The van der Waals surface area contributed by atoms with Gasteiger partial charge in [0.15, 0.2) is 0 Å². The van der Waals surface area contributed by atoms with Crippen molar-refractivity contribution in [3.05, 3.63) is 75.1 Å². The SMILES string of the molecule is N#C/C(=C\c1ccc([O-])c([N+](=O)[O-])c1)C(=O)c1ccc(F)cc1. The van der Waals surface area contributed by atoms with Crippen LogP contribution in [0.15, 0.2) is 48.0 Å². The van der Waals surface area contributed by atoms with Gasteiger partial charge >= 0.3 is 0 Å². The van der Waals surface area contributed by atoms with Crippen molar-refractivity contribution in [2.75, 3.05) is 0 Å². The summed E-state index contributed by atoms with van der Waals surface area (Å²) in [5.41, 5.74) is -0.660. The van der Waals surface area contributed by atoms with Crippen molar-refractivity contribution in [2.45, 2.75) is 0 Å². The van der Waals surface area contributed by atoms with Gasteiger partial charge in [-0.3, -0.25) is 14.9 Å². The van der Waals surface area contributed by atoms with Crippen molar-refractivity contribution < 1.29 is 19.2 Å². The predicted molar refractivity (Wildman–Crippen MR) is 76.9 cm³/mol. The fourth-order valence-electron chi connectivity index (χ4n) is 1.84. The van der Waals surface area contributed by atoms with E-state index in [1.807, 2.05) is 0 Å². The molecule has 2 aromatic rings. The second-order valence-corrected chi connectivity index (χ2v) is 4.49. The van der Waals surface area contributed by atoms with Gasteiger partial charge in [-0.2, -0.15) is 5.26 Å². The van der Waals surface area contributed by atoms with Crippen LogP contribution in [0.3, 0.4) is 0 Å². The predicted octanol–water partition coefficient (Wildman–Crippen LogP) is 2.60. The van der Waals surface area contributed by atoms with Crippen molar-refractivity contribution in [3.63, 3.8) is 0 Å². The van der Waals surface area contributed by atoms with Gasteiger partial charge in [0.1, 0.15) is 17.5 Å². The zero-order chi connectivity index (χ0) is 17.0. The van der Waals surface area contributed by atoms with Crippen LogP contribution in [0.5, 0.6) is 5.75 Å². The number of halogens is 1. The van der Waals surface area contributed by atoms with E-state index in [1.165, 1.54) is 18.2 Å². The molecule has 0 N–H and O–H groups in total. The number of carbonyl (C=O) groups excluding carboxylic acids is 1. The topological polar surface area (TPSA) is 107 Å². The molecule has 0 spiro atoms. The minimum atomic E-state index is -0.840. The van der Waals surface area contributed by atoms with E-state index < -0.39 is 28.0 Å². The fraction of sp³-hybridized carbons (Fsp3) is 0. The first kappa shape index (κ1) is 15.9. The van der Waals surface area contributed by atoms with Crippen molar-refractivity contribution in [2.24, 2.45) is 0 Å². The first-order chi connectivity index (χ1) is 10.9. The maximum atomic E-state index is 12.9. The first-order valence-corrected chi connectivity index (χ1v) is 6.30. The number of nitriles is 1. The summed E-state index contributed by atoms with van der Waals surface area (Å²) >= 11 is 0. The lowest BCUT2D eigenvalue weighted by Gasteiger charge is -2.06. The molecule has 2 rings (SSSR count). The van der Waals surface area contributed by atoms with Crippen molar-refractivity contribution in [1.82, 2.24) is 0 Å². The van der Waals surface area contributed by atoms with E-state index >= 15 is 0 Å². The van der Waals surface area contributed by atoms with Gasteiger partial charge in [-0.05, 0) is 41.7 Å². The third-order valence-corrected chi connectivity index (χ3v) is 2.96. The zero-order valence-electron chi connectivity index (χ0n) is 11.5. The number of carbonyl (C=O) groups is 1. The average molecular weight is 311 g/mol. The number of hydrogen-bond acceptors (Lipinski definition) is 5. The maximum absolute atomic E-state index is 12.9. The summed E-state index contributed by atoms with van der Waals surface area (Å²) in [5, 5.41) is 31.2. The highest BCUT2D eigenvalue weighted by Crippen LogP contribution is 2.25. The lowest BCUT2D eigenvalue weighted by molar-refractivity contribution is -0.398. The Hall–Kier alpha value is -3.53. The van der Waals surface area contributed by atoms with Crippen molar-refractivity contribution in [1.29, 1.82) is 5.26 Å². The van der Waals surface area contributed by atoms with Gasteiger partial charge < -0.3 is 5.11 Å². The summed E-state index contributed by atoms with van der Waals surface area (Å²) in [7, 11) is 0. The van der Waals surface area contributed by atoms with Crippen LogP contribution in [0.4, 0.5) is 10.1 Å². The molecule has 0 aliphatic heterocycles. The Labute approximate surface area is 129 Å². The minimum absolute atomic E-state index is 0.106. The molecule has 0 amide bonds. The Balaban J connectivity index is 2.41. The Bertz CT molecular complexity index is 851. The third kappa shape index (κ3) is 3.57. The molecular formula is C16H8FN2O4-. The quantitative estimate of drug-likeness (QED) is 0.283. The largest absolute Gasteiger partial charge is 0.868 e. The van der Waals surface area contributed by atoms with Gasteiger partial charge in [-0.1, -0.05) is 12.1 Å². The number of ketones is 1. The molecule has 0 radical (unpaired) electrons. The van der Waals surface area contributed by atoms with Crippen molar-refractivity contribution >= 4 is 17.5 Å². The molecule has 0 aliphatic rings. The summed E-state index contributed by atoms with van der Waals surface area (Å²) in [6.07, 6.45) is 1.14. The Kier molecular flexibility index (Phi) is 4.47. The Morgan fingerprint density at radius 1 is 1.22 bits per heavy atom. The average Bonchev–Trinajstić information content (AvgIpc) is 2.54. The number of rotatable bonds is 4. The lowest BCUT2D eigenvalue weighted by Crippen LogP contribution is -2.02. The standard InChI is InChI=1S/C16H9FN2O4/c17-13-4-2-11(3-5-13)16(21)12(9-18)7-10-1-6-15(20)14(8-10)19(22)23/h1-8,20H/p-1/b12-7+. The number of hydrogen-bond donors (Lipinski definition) is 0. The minimum Gasteiger partial charge on any atom is -0.868 e. The number of allylic oxidation sites excluding steroid dienone is 1. The van der Waals surface area contributed by atoms with E-state index in [0.29, 0.717) is 0 Å². The molecule has 0 unspecified atom stereocenters. The van der Waals surface area contributed by atoms with E-state index in [2.05, 4.69) is 0 Å². The normalized spacial score (nSPS) is 10.9. The van der Waals surface area contributed by atoms with Crippen LogP contribution >= 0.6 is 0 Å². The smallest absolute Gasteiger partial charge is 0.262 e. The first-order valence-electron chi connectivity index (χ1n) is 6.30. The van der Waals surface area contributed by atoms with E-state index in [4.69, 9.17) is 5.26 Å². The van der Waals surface area contributed by atoms with Crippen LogP contribution in [0.1, 0.15) is 15.9 Å². The lowest BCUT2D eigenvalue weighted by atomic mass is 10.0. The zero-order valence-corrected chi connectivity index (χ0v) is 11.5. The number of nitro benzene ring substituents is 1. The van der Waals surface area contributed by atoms with Gasteiger partial charge in [0.25, 0.3) is 5.69 Å². The van der Waals surface area contributed by atoms with Gasteiger partial charge in [-0.25, -0.2) is 4.39 Å². The molecule has 0 aromatic heterocycles. The molecular weight excluding hydrogens is 303 g/mol. The van der Waals surface area contributed by atoms with Crippen LogP contribution in [0.25, 0.3) is 6.08 Å². The molecule has 2 aromatic carbocycles. The molecule has 7 heteroatoms. The van der Waals surface area contributed by atoms with Gasteiger partial charge in [0.05, 0.1) is 4.92 Å². The number of nitro groups is 1. The summed E-state index contributed by atoms with van der Waals surface area (Å²) < 4.78 is 12.9. The Morgan fingerprint density at radius 3 is 2.43 bits per heavy atom. The Morgan fingerprint density at radius 2 is 1.87 bits per heavy atom. The van der Waals surface area contributed by atoms with E-state index in [9.17, 15) is 24.4 Å². The number of benzene rings is 2. The van der Waals surface area contributed by atoms with Crippen LogP contribution in [-0.2, 0) is 0 Å². The summed E-state index contributed by atoms with van der Waals surface area (Å²) in [6.45, 7) is 0. The molecule has 0 fully saturated rings. The highest BCUT2D eigenvalue weighted by Gasteiger charge is 2.13. The fourth-order valence-corrected chi connectivity index (χ4v) is 1.84. The summed E-state index contributed by atoms with van der Waals surface area (Å²) in [4.78, 5) is 22.1. The van der Waals surface area contributed by atoms with Gasteiger partial charge in [-0.15, -0.1) is 0 Å².